The molecule has 2 aliphatic rings. The number of oxime groups is 1. The molecule has 0 bridgehead atoms. The normalized spacial score (nSPS) is 17.3. The van der Waals surface area contributed by atoms with Crippen molar-refractivity contribution >= 4 is 35.0 Å². The van der Waals surface area contributed by atoms with Gasteiger partial charge in [-0.3, -0.25) is 14.4 Å². The number of aliphatic hydroxyl groups is 1. The zero-order valence-electron chi connectivity index (χ0n) is 29.6. The Balaban J connectivity index is 0.00000562. The number of halogens is 1. The molecule has 2 aromatic heterocycles. The number of aliphatic hydroxyl groups excluding tert-OH is 1. The number of hydrogen-bond acceptors (Lipinski definition) is 11. The van der Waals surface area contributed by atoms with E-state index in [2.05, 4.69) is 5.16 Å². The van der Waals surface area contributed by atoms with Gasteiger partial charge >= 0.3 is 17.9 Å². The summed E-state index contributed by atoms with van der Waals surface area (Å²) >= 11 is 0. The van der Waals surface area contributed by atoms with Gasteiger partial charge in [-0.15, -0.1) is 0 Å². The molecule has 2 aliphatic heterocycles. The largest absolute Gasteiger partial charge is 1.00 e. The van der Waals surface area contributed by atoms with Crippen LogP contribution in [0.5, 0.6) is 0 Å². The van der Waals surface area contributed by atoms with Gasteiger partial charge in [-0.1, -0.05) is 30.3 Å². The Hall–Kier alpha value is -4.14. The maximum Gasteiger partial charge on any atom is 0.355 e. The van der Waals surface area contributed by atoms with Crippen LogP contribution in [0.4, 0.5) is 0 Å². The number of aromatic nitrogens is 2. The van der Waals surface area contributed by atoms with E-state index >= 15 is 0 Å². The minimum atomic E-state index is -1.85. The van der Waals surface area contributed by atoms with Gasteiger partial charge in [0.2, 0.25) is 5.60 Å². The smallest absolute Gasteiger partial charge is 0.355 e. The van der Waals surface area contributed by atoms with Crippen molar-refractivity contribution in [1.82, 2.24) is 9.55 Å². The summed E-state index contributed by atoms with van der Waals surface area (Å²) < 4.78 is 18.6. The summed E-state index contributed by atoms with van der Waals surface area (Å²) in [5.74, 6) is -2.05. The van der Waals surface area contributed by atoms with Crippen LogP contribution in [-0.2, 0) is 52.2 Å². The molecule has 0 saturated heterocycles. The van der Waals surface area contributed by atoms with Gasteiger partial charge in [0.05, 0.1) is 69.4 Å². The monoisotopic (exact) mass is 756 g/mol. The zero-order chi connectivity index (χ0) is 35.7. The Labute approximate surface area is 301 Å². The molecule has 4 heterocycles. The minimum Gasteiger partial charge on any atom is -1.00 e. The van der Waals surface area contributed by atoms with Gasteiger partial charge in [-0.2, -0.15) is 0 Å². The van der Waals surface area contributed by atoms with E-state index in [0.717, 1.165) is 16.5 Å². The van der Waals surface area contributed by atoms with Gasteiger partial charge < -0.3 is 50.2 Å². The van der Waals surface area contributed by atoms with Crippen LogP contribution in [0.25, 0.3) is 22.3 Å². The van der Waals surface area contributed by atoms with Crippen molar-refractivity contribution in [1.29, 1.82) is 0 Å². The Morgan fingerprint density at radius 3 is 2.56 bits per heavy atom. The van der Waals surface area contributed by atoms with Crippen LogP contribution in [0, 0.1) is 0 Å². The SMILES string of the molecule is CC[C@@]1(OC(=O)CCCOC(=O)C[C@H](O)C[N+](C)(C)C)C(=O)OCc2c1cc1n(c2=O)Cc2c-1nc1ccccc1c2/C=N/OC(C)(C)C.[Br-]. The second kappa shape index (κ2) is 15.0. The number of nitrogens with zero attached hydrogens (tertiary/aromatic N) is 4. The first-order valence-corrected chi connectivity index (χ1v) is 16.5. The van der Waals surface area contributed by atoms with Crippen LogP contribution in [0.3, 0.4) is 0 Å². The molecule has 0 amide bonds. The highest BCUT2D eigenvalue weighted by Gasteiger charge is 2.50. The number of pyridine rings is 2. The average molecular weight is 758 g/mol. The van der Waals surface area contributed by atoms with E-state index in [9.17, 15) is 24.3 Å². The molecule has 1 N–H and O–H groups in total. The molecular formula is C36H45BrN4O9. The Bertz CT molecular complexity index is 1880. The lowest BCUT2D eigenvalue weighted by Crippen LogP contribution is -3.00. The highest BCUT2D eigenvalue weighted by molar-refractivity contribution is 6.02. The fraction of sp³-hybridized carbons (Fsp3) is 0.500. The molecule has 1 aromatic carbocycles. The van der Waals surface area contributed by atoms with Gasteiger partial charge in [-0.05, 0) is 45.7 Å². The summed E-state index contributed by atoms with van der Waals surface area (Å²) in [6.07, 6.45) is 0.630. The predicted octanol–water partition coefficient (Wildman–Crippen LogP) is 0.564. The fourth-order valence-electron chi connectivity index (χ4n) is 6.20. The van der Waals surface area contributed by atoms with Crippen LogP contribution < -0.4 is 22.5 Å². The Morgan fingerprint density at radius 2 is 1.88 bits per heavy atom. The number of cyclic esters (lactones) is 1. The number of likely N-dealkylation sites (N-methyl/N-ethyl adjacent to an activating group) is 1. The quantitative estimate of drug-likeness (QED) is 0.0542. The first kappa shape index (κ1) is 38.7. The van der Waals surface area contributed by atoms with Crippen molar-refractivity contribution in [3.05, 3.63) is 62.9 Å². The van der Waals surface area contributed by atoms with Gasteiger partial charge in [0.1, 0.15) is 24.9 Å². The number of fused-ring (bicyclic) bond motifs is 5. The van der Waals surface area contributed by atoms with Crippen LogP contribution in [0.15, 0.2) is 40.3 Å². The first-order chi connectivity index (χ1) is 23.0. The number of hydrogen-bond donors (Lipinski definition) is 1. The second-order valence-electron chi connectivity index (χ2n) is 14.5. The Kier molecular flexibility index (Phi) is 11.6. The minimum absolute atomic E-state index is 0. The Morgan fingerprint density at radius 1 is 1.16 bits per heavy atom. The van der Waals surface area contributed by atoms with Crippen LogP contribution >= 0.6 is 0 Å². The molecule has 0 aliphatic carbocycles. The summed E-state index contributed by atoms with van der Waals surface area (Å²) in [7, 11) is 5.72. The van der Waals surface area contributed by atoms with Crippen molar-refractivity contribution in [2.75, 3.05) is 34.3 Å². The lowest BCUT2D eigenvalue weighted by atomic mass is 9.85. The summed E-state index contributed by atoms with van der Waals surface area (Å²) in [6.45, 7) is 7.63. The lowest BCUT2D eigenvalue weighted by Gasteiger charge is -2.35. The molecule has 0 fully saturated rings. The number of para-hydroxylation sites is 1. The predicted molar refractivity (Wildman–Crippen MR) is 181 cm³/mol. The number of benzene rings is 1. The van der Waals surface area contributed by atoms with Crippen molar-refractivity contribution in [3.63, 3.8) is 0 Å². The van der Waals surface area contributed by atoms with Gasteiger partial charge in [-0.25, -0.2) is 9.78 Å². The summed E-state index contributed by atoms with van der Waals surface area (Å²) in [5.41, 5.74) is 1.02. The summed E-state index contributed by atoms with van der Waals surface area (Å²) in [4.78, 5) is 63.3. The van der Waals surface area contributed by atoms with Crippen LogP contribution in [0.2, 0.25) is 0 Å². The molecule has 0 spiro atoms. The van der Waals surface area contributed by atoms with E-state index in [-0.39, 0.29) is 79.1 Å². The third kappa shape index (κ3) is 8.24. The molecule has 13 nitrogen and oxygen atoms in total. The number of carbonyl (C=O) groups excluding carboxylic acids is 3. The molecule has 0 radical (unpaired) electrons. The van der Waals surface area contributed by atoms with Gasteiger partial charge in [0.25, 0.3) is 5.56 Å². The molecule has 2 atom stereocenters. The zero-order valence-corrected chi connectivity index (χ0v) is 31.2. The standard InChI is InChI=1S/C36H45N4O9.BrH/c1-8-36(48-30(42)14-11-15-46-31(43)16-22(41)20-40(5,6)7)27-17-29-32-25(19-39(29)33(44)26(27)21-47-34(36)45)24(18-37-49-35(2,3)4)23-12-9-10-13-28(23)38-32;/h9-10,12-13,17-18,22,41H,8,11,14-16,19-21H2,1-7H3;1H/q+1;/p-1/b37-18+;/t22-,36-;/m0./s1. The summed E-state index contributed by atoms with van der Waals surface area (Å²) in [6, 6.07) is 9.29. The van der Waals surface area contributed by atoms with E-state index in [1.54, 1.807) is 23.8 Å². The lowest BCUT2D eigenvalue weighted by molar-refractivity contribution is -0.873. The number of rotatable bonds is 12. The fourth-order valence-corrected chi connectivity index (χ4v) is 6.20. The molecule has 3 aromatic rings. The van der Waals surface area contributed by atoms with Crippen molar-refractivity contribution in [3.8, 4) is 11.4 Å². The molecular weight excluding hydrogens is 712 g/mol. The number of carbonyl (C=O) groups is 3. The highest BCUT2D eigenvalue weighted by Crippen LogP contribution is 2.42. The molecule has 5 rings (SSSR count). The van der Waals surface area contributed by atoms with E-state index in [0.29, 0.717) is 27.9 Å². The average Bonchev–Trinajstić information content (AvgIpc) is 3.37. The van der Waals surface area contributed by atoms with Gasteiger partial charge in [0.15, 0.2) is 0 Å². The topological polar surface area (TPSA) is 156 Å². The molecule has 0 unspecified atom stereocenters. The second-order valence-corrected chi connectivity index (χ2v) is 14.5. The first-order valence-electron chi connectivity index (χ1n) is 16.5. The third-order valence-corrected chi connectivity index (χ3v) is 8.35. The van der Waals surface area contributed by atoms with E-state index < -0.39 is 35.2 Å². The van der Waals surface area contributed by atoms with Crippen molar-refractivity contribution < 1.29 is 60.0 Å². The molecule has 0 saturated carbocycles. The summed E-state index contributed by atoms with van der Waals surface area (Å²) in [5, 5.41) is 15.2. The maximum atomic E-state index is 14.0. The van der Waals surface area contributed by atoms with E-state index in [1.807, 2.05) is 66.2 Å². The maximum absolute atomic E-state index is 14.0. The highest BCUT2D eigenvalue weighted by atomic mass is 79.9. The molecule has 14 heteroatoms. The number of quaternary nitrogens is 1. The third-order valence-electron chi connectivity index (χ3n) is 8.35. The van der Waals surface area contributed by atoms with Crippen molar-refractivity contribution in [2.45, 2.75) is 83.8 Å². The molecule has 270 valence electrons. The van der Waals surface area contributed by atoms with Crippen molar-refractivity contribution in [2.24, 2.45) is 5.16 Å². The number of ether oxygens (including phenoxy) is 3. The number of esters is 3. The van der Waals surface area contributed by atoms with Crippen LogP contribution in [0.1, 0.15) is 75.6 Å². The van der Waals surface area contributed by atoms with Gasteiger partial charge in [0, 0.05) is 28.5 Å². The van der Waals surface area contributed by atoms with Crippen LogP contribution in [-0.4, -0.2) is 89.3 Å². The molecule has 50 heavy (non-hydrogen) atoms. The van der Waals surface area contributed by atoms with E-state index in [1.165, 1.54) is 0 Å². The van der Waals surface area contributed by atoms with E-state index in [4.69, 9.17) is 24.0 Å².